The Kier molecular flexibility index (Phi) is 10.3. The van der Waals surface area contributed by atoms with Gasteiger partial charge in [0.05, 0.1) is 23.6 Å². The normalized spacial score (nSPS) is 11.6. The van der Waals surface area contributed by atoms with E-state index < -0.39 is 23.0 Å². The van der Waals surface area contributed by atoms with Crippen LogP contribution in [-0.2, 0) is 9.59 Å². The predicted octanol–water partition coefficient (Wildman–Crippen LogP) is 5.32. The topological polar surface area (TPSA) is 140 Å². The number of nitrogens with two attached hydrogens (primary N) is 1. The van der Waals surface area contributed by atoms with Gasteiger partial charge in [-0.15, -0.1) is 11.8 Å². The van der Waals surface area contributed by atoms with Crippen LogP contribution in [0.1, 0.15) is 33.2 Å². The minimum absolute atomic E-state index is 0.0398. The molecule has 43 heavy (non-hydrogen) atoms. The van der Waals surface area contributed by atoms with E-state index in [1.165, 1.54) is 11.8 Å². The maximum absolute atomic E-state index is 13.4. The van der Waals surface area contributed by atoms with Gasteiger partial charge < -0.3 is 26.4 Å². The number of carbonyl (C=O) groups excluding carboxylic acids is 4. The third kappa shape index (κ3) is 8.57. The summed E-state index contributed by atoms with van der Waals surface area (Å²) in [6.07, 6.45) is 1.57. The van der Waals surface area contributed by atoms with E-state index in [9.17, 15) is 19.2 Å². The Balaban J connectivity index is 1.49. The number of anilines is 2. The number of methoxy groups -OCH3 is 1. The lowest BCUT2D eigenvalue weighted by molar-refractivity contribution is -0.115. The second-order valence-corrected chi connectivity index (χ2v) is 10.7. The molecule has 9 nitrogen and oxygen atoms in total. The molecular weight excluding hydrogens is 564 g/mol. The van der Waals surface area contributed by atoms with Crippen molar-refractivity contribution >= 4 is 52.8 Å². The number of benzene rings is 4. The quantitative estimate of drug-likeness (QED) is 0.137. The molecule has 0 spiro atoms. The number of nitrogens with one attached hydrogen (secondary N) is 3. The summed E-state index contributed by atoms with van der Waals surface area (Å²) in [5, 5.41) is 7.76. The number of hydrogen-bond acceptors (Lipinski definition) is 6. The number of rotatable bonds is 11. The largest absolute Gasteiger partial charge is 0.497 e. The van der Waals surface area contributed by atoms with Gasteiger partial charge >= 0.3 is 0 Å². The van der Waals surface area contributed by atoms with Crippen LogP contribution < -0.4 is 26.4 Å². The Bertz CT molecular complexity index is 1660. The molecule has 0 heterocycles. The number of ether oxygens (including phenoxy) is 1. The molecule has 0 fully saturated rings. The molecule has 0 saturated carbocycles. The summed E-state index contributed by atoms with van der Waals surface area (Å²) in [6.45, 7) is 1.73. The van der Waals surface area contributed by atoms with Crippen LogP contribution in [0.15, 0.2) is 114 Å². The summed E-state index contributed by atoms with van der Waals surface area (Å²) in [5.74, 6) is -1.26. The smallest absolute Gasteiger partial charge is 0.272 e. The third-order valence-electron chi connectivity index (χ3n) is 6.18. The standard InChI is InChI=1S/C33H30N4O5S/c1-21(31(39)36-28-14-7-6-13-27(28)30(34)38)43-26-12-8-11-24(20-26)35-33(41)29(19-22-15-17-25(42-2)18-16-22)37-32(40)23-9-4-3-5-10-23/h3-21H,1-2H3,(H2,34,38)(H,35,41)(H,36,39)(H,37,40)/b29-19+. The van der Waals surface area contributed by atoms with Gasteiger partial charge in [0.2, 0.25) is 5.91 Å². The van der Waals surface area contributed by atoms with Gasteiger partial charge in [0.15, 0.2) is 0 Å². The number of primary amides is 1. The molecular formula is C33H30N4O5S. The first kappa shape index (κ1) is 30.6. The molecule has 0 aliphatic heterocycles. The van der Waals surface area contributed by atoms with Crippen molar-refractivity contribution in [1.29, 1.82) is 0 Å². The van der Waals surface area contributed by atoms with Gasteiger partial charge in [0.25, 0.3) is 17.7 Å². The molecule has 1 unspecified atom stereocenters. The molecule has 4 rings (SSSR count). The van der Waals surface area contributed by atoms with Crippen LogP contribution >= 0.6 is 11.8 Å². The zero-order valence-electron chi connectivity index (χ0n) is 23.5. The van der Waals surface area contributed by atoms with Crippen LogP contribution in [0.2, 0.25) is 0 Å². The zero-order chi connectivity index (χ0) is 30.8. The summed E-state index contributed by atoms with van der Waals surface area (Å²) in [4.78, 5) is 51.6. The van der Waals surface area contributed by atoms with Crippen molar-refractivity contribution in [3.63, 3.8) is 0 Å². The van der Waals surface area contributed by atoms with Crippen LogP contribution in [-0.4, -0.2) is 36.0 Å². The molecule has 0 aliphatic rings. The van der Waals surface area contributed by atoms with E-state index in [0.29, 0.717) is 28.3 Å². The molecule has 0 saturated heterocycles. The summed E-state index contributed by atoms with van der Waals surface area (Å²) < 4.78 is 5.21. The van der Waals surface area contributed by atoms with Gasteiger partial charge in [-0.1, -0.05) is 48.5 Å². The Morgan fingerprint density at radius 3 is 2.23 bits per heavy atom. The summed E-state index contributed by atoms with van der Waals surface area (Å²) in [6, 6.07) is 29.2. The lowest BCUT2D eigenvalue weighted by Gasteiger charge is -2.15. The van der Waals surface area contributed by atoms with Gasteiger partial charge in [-0.25, -0.2) is 0 Å². The van der Waals surface area contributed by atoms with E-state index in [2.05, 4.69) is 16.0 Å². The molecule has 0 radical (unpaired) electrons. The van der Waals surface area contributed by atoms with Gasteiger partial charge in [0.1, 0.15) is 11.4 Å². The fourth-order valence-electron chi connectivity index (χ4n) is 3.95. The van der Waals surface area contributed by atoms with Gasteiger partial charge in [-0.05, 0) is 73.2 Å². The van der Waals surface area contributed by atoms with Crippen molar-refractivity contribution in [2.75, 3.05) is 17.7 Å². The molecule has 1 atom stereocenters. The zero-order valence-corrected chi connectivity index (χ0v) is 24.3. The monoisotopic (exact) mass is 594 g/mol. The highest BCUT2D eigenvalue weighted by Gasteiger charge is 2.19. The fourth-order valence-corrected chi connectivity index (χ4v) is 4.88. The van der Waals surface area contributed by atoms with Crippen LogP contribution in [0.4, 0.5) is 11.4 Å². The highest BCUT2D eigenvalue weighted by Crippen LogP contribution is 2.27. The van der Waals surface area contributed by atoms with E-state index in [-0.39, 0.29) is 17.2 Å². The van der Waals surface area contributed by atoms with Crippen molar-refractivity contribution < 1.29 is 23.9 Å². The van der Waals surface area contributed by atoms with E-state index in [4.69, 9.17) is 10.5 Å². The first-order valence-electron chi connectivity index (χ1n) is 13.2. The average Bonchev–Trinajstić information content (AvgIpc) is 3.01. The number of thioether (sulfide) groups is 1. The van der Waals surface area contributed by atoms with Crippen molar-refractivity contribution in [2.24, 2.45) is 5.73 Å². The highest BCUT2D eigenvalue weighted by molar-refractivity contribution is 8.00. The Labute approximate surface area is 253 Å². The molecule has 4 aromatic rings. The van der Waals surface area contributed by atoms with Gasteiger partial charge in [-0.3, -0.25) is 19.2 Å². The fraction of sp³-hybridized carbons (Fsp3) is 0.0909. The van der Waals surface area contributed by atoms with E-state index in [0.717, 1.165) is 4.90 Å². The Morgan fingerprint density at radius 1 is 0.837 bits per heavy atom. The second-order valence-electron chi connectivity index (χ2n) is 9.29. The second kappa shape index (κ2) is 14.5. The highest BCUT2D eigenvalue weighted by atomic mass is 32.2. The van der Waals surface area contributed by atoms with Crippen LogP contribution in [0, 0.1) is 0 Å². The van der Waals surface area contributed by atoms with Crippen molar-refractivity contribution in [2.45, 2.75) is 17.1 Å². The summed E-state index contributed by atoms with van der Waals surface area (Å²) >= 11 is 1.27. The molecule has 218 valence electrons. The lowest BCUT2D eigenvalue weighted by Crippen LogP contribution is -2.30. The average molecular weight is 595 g/mol. The molecule has 0 bridgehead atoms. The SMILES string of the molecule is COc1ccc(/C=C(/NC(=O)c2ccccc2)C(=O)Nc2cccc(SC(C)C(=O)Nc3ccccc3C(N)=O)c2)cc1. The van der Waals surface area contributed by atoms with E-state index >= 15 is 0 Å². The maximum Gasteiger partial charge on any atom is 0.272 e. The number of hydrogen-bond donors (Lipinski definition) is 4. The van der Waals surface area contributed by atoms with Crippen molar-refractivity contribution in [3.05, 3.63) is 126 Å². The van der Waals surface area contributed by atoms with E-state index in [1.54, 1.807) is 117 Å². The summed E-state index contributed by atoms with van der Waals surface area (Å²) in [7, 11) is 1.56. The first-order valence-corrected chi connectivity index (χ1v) is 14.1. The van der Waals surface area contributed by atoms with Crippen molar-refractivity contribution in [1.82, 2.24) is 5.32 Å². The van der Waals surface area contributed by atoms with Gasteiger partial charge in [0, 0.05) is 16.1 Å². The van der Waals surface area contributed by atoms with Gasteiger partial charge in [-0.2, -0.15) is 0 Å². The lowest BCUT2D eigenvalue weighted by atomic mass is 10.1. The molecule has 4 amide bonds. The Morgan fingerprint density at radius 2 is 1.53 bits per heavy atom. The predicted molar refractivity (Wildman–Crippen MR) is 169 cm³/mol. The number of carbonyl (C=O) groups is 4. The summed E-state index contributed by atoms with van der Waals surface area (Å²) in [5.41, 5.74) is 7.56. The van der Waals surface area contributed by atoms with E-state index in [1.807, 2.05) is 6.07 Å². The molecule has 0 aliphatic carbocycles. The molecule has 5 N–H and O–H groups in total. The van der Waals surface area contributed by atoms with Crippen molar-refractivity contribution in [3.8, 4) is 5.75 Å². The molecule has 10 heteroatoms. The molecule has 0 aromatic heterocycles. The van der Waals surface area contributed by atoms with Crippen LogP contribution in [0.3, 0.4) is 0 Å². The number of amides is 4. The first-order chi connectivity index (χ1) is 20.7. The third-order valence-corrected chi connectivity index (χ3v) is 7.27. The minimum Gasteiger partial charge on any atom is -0.497 e. The maximum atomic E-state index is 13.4. The van der Waals surface area contributed by atoms with Crippen LogP contribution in [0.25, 0.3) is 6.08 Å². The Hall–Kier alpha value is -5.35. The minimum atomic E-state index is -0.639. The molecule has 4 aromatic carbocycles. The van der Waals surface area contributed by atoms with Crippen LogP contribution in [0.5, 0.6) is 5.75 Å². The number of para-hydroxylation sites is 1.